The minimum absolute atomic E-state index is 0.610. The van der Waals surface area contributed by atoms with Gasteiger partial charge in [-0.1, -0.05) is 39.3 Å². The minimum Gasteiger partial charge on any atom is -0.449 e. The van der Waals surface area contributed by atoms with Crippen LogP contribution in [0, 0.1) is 6.92 Å². The van der Waals surface area contributed by atoms with E-state index in [1.165, 1.54) is 0 Å². The number of oxazole rings is 1. The zero-order chi connectivity index (χ0) is 11.9. The van der Waals surface area contributed by atoms with Crippen molar-refractivity contribution < 1.29 is 4.42 Å². The number of aryl methyl sites for hydroxylation is 1. The van der Waals surface area contributed by atoms with Crippen molar-refractivity contribution in [2.75, 3.05) is 0 Å². The summed E-state index contributed by atoms with van der Waals surface area (Å²) < 4.78 is 5.64. The molecule has 1 aromatic heterocycles. The van der Waals surface area contributed by atoms with E-state index in [4.69, 9.17) is 4.42 Å². The lowest BCUT2D eigenvalue weighted by molar-refractivity contribution is 0.505. The van der Waals surface area contributed by atoms with Gasteiger partial charge in [-0.15, -0.1) is 0 Å². The van der Waals surface area contributed by atoms with Gasteiger partial charge in [-0.2, -0.15) is 0 Å². The summed E-state index contributed by atoms with van der Waals surface area (Å²) in [6.45, 7) is 16.5. The highest BCUT2D eigenvalue weighted by atomic mass is 28.4. The highest BCUT2D eigenvalue weighted by molar-refractivity contribution is 6.96. The molecule has 0 fully saturated rings. The average Bonchev–Trinajstić information content (AvgIpc) is 2.28. The highest BCUT2D eigenvalue weighted by Gasteiger charge is 2.41. The normalized spacial score (nSPS) is 13.6. The smallest absolute Gasteiger partial charge is 0.191 e. The van der Waals surface area contributed by atoms with Crippen LogP contribution < -0.4 is 0 Å². The van der Waals surface area contributed by atoms with Gasteiger partial charge in [0.15, 0.2) is 5.89 Å². The fraction of sp³-hybridized carbons (Fsp3) is 0.727. The van der Waals surface area contributed by atoms with E-state index in [2.05, 4.69) is 44.3 Å². The largest absolute Gasteiger partial charge is 0.449 e. The molecule has 0 saturated carbocycles. The van der Waals surface area contributed by atoms with Crippen molar-refractivity contribution in [1.82, 2.24) is 4.98 Å². The zero-order valence-electron chi connectivity index (χ0n) is 11.0. The molecule has 15 heavy (non-hydrogen) atoms. The quantitative estimate of drug-likeness (QED) is 0.752. The summed E-state index contributed by atoms with van der Waals surface area (Å²) in [5.41, 5.74) is 1.01. The van der Waals surface area contributed by atoms with Crippen molar-refractivity contribution in [3.8, 4) is 0 Å². The number of nitrogens with zero attached hydrogens (tertiary/aromatic N) is 1. The molecular weight excluding hydrogens is 218 g/mol. The van der Waals surface area contributed by atoms with Gasteiger partial charge in [0.05, 0.1) is 21.8 Å². The Balaban J connectivity index is 3.14. The van der Waals surface area contributed by atoms with E-state index in [1.54, 1.807) is 6.26 Å². The lowest BCUT2D eigenvalue weighted by Gasteiger charge is -2.35. The van der Waals surface area contributed by atoms with Crippen LogP contribution >= 0.6 is 0 Å². The summed E-state index contributed by atoms with van der Waals surface area (Å²) in [4.78, 5) is 4.55. The van der Waals surface area contributed by atoms with Gasteiger partial charge < -0.3 is 4.42 Å². The molecule has 4 heteroatoms. The lowest BCUT2D eigenvalue weighted by Crippen LogP contribution is -2.46. The molecule has 0 amide bonds. The second-order valence-corrected chi connectivity index (χ2v) is 17.7. The second-order valence-electron chi connectivity index (χ2n) is 6.49. The number of hydrogen-bond donors (Lipinski definition) is 0. The Kier molecular flexibility index (Phi) is 3.31. The summed E-state index contributed by atoms with van der Waals surface area (Å²) in [7, 11) is -2.49. The monoisotopic (exact) mass is 241 g/mol. The molecule has 1 aromatic rings. The van der Waals surface area contributed by atoms with Crippen LogP contribution in [0.25, 0.3) is 0 Å². The van der Waals surface area contributed by atoms with Gasteiger partial charge in [-0.3, -0.25) is 0 Å². The third kappa shape index (κ3) is 3.05. The van der Waals surface area contributed by atoms with E-state index in [0.29, 0.717) is 5.16 Å². The fourth-order valence-electron chi connectivity index (χ4n) is 2.54. The van der Waals surface area contributed by atoms with E-state index < -0.39 is 16.1 Å². The molecule has 2 nitrogen and oxygen atoms in total. The Morgan fingerprint density at radius 1 is 1.07 bits per heavy atom. The topological polar surface area (TPSA) is 26.0 Å². The highest BCUT2D eigenvalue weighted by Crippen LogP contribution is 2.34. The Morgan fingerprint density at radius 3 is 1.80 bits per heavy atom. The first-order valence-electron chi connectivity index (χ1n) is 5.54. The van der Waals surface area contributed by atoms with Crippen LogP contribution in [0.5, 0.6) is 0 Å². The van der Waals surface area contributed by atoms with E-state index in [9.17, 15) is 0 Å². The Bertz CT molecular complexity index is 319. The molecule has 1 rings (SSSR count). The van der Waals surface area contributed by atoms with E-state index in [0.717, 1.165) is 11.6 Å². The van der Waals surface area contributed by atoms with Crippen molar-refractivity contribution in [2.45, 2.75) is 51.4 Å². The first-order chi connectivity index (χ1) is 6.62. The van der Waals surface area contributed by atoms with Gasteiger partial charge in [0, 0.05) is 5.16 Å². The van der Waals surface area contributed by atoms with Crippen LogP contribution in [0.2, 0.25) is 39.3 Å². The van der Waals surface area contributed by atoms with Crippen LogP contribution in [-0.4, -0.2) is 21.1 Å². The Hall–Kier alpha value is -0.356. The van der Waals surface area contributed by atoms with Gasteiger partial charge in [0.1, 0.15) is 6.26 Å². The van der Waals surface area contributed by atoms with Gasteiger partial charge in [-0.05, 0) is 6.92 Å². The molecule has 0 bridgehead atoms. The Morgan fingerprint density at radius 2 is 1.53 bits per heavy atom. The molecule has 0 spiro atoms. The molecule has 0 radical (unpaired) electrons. The van der Waals surface area contributed by atoms with E-state index in [1.807, 2.05) is 6.92 Å². The van der Waals surface area contributed by atoms with Gasteiger partial charge >= 0.3 is 0 Å². The van der Waals surface area contributed by atoms with Gasteiger partial charge in [-0.25, -0.2) is 4.98 Å². The zero-order valence-corrected chi connectivity index (χ0v) is 13.0. The van der Waals surface area contributed by atoms with Crippen LogP contribution in [-0.2, 0) is 0 Å². The van der Waals surface area contributed by atoms with Crippen molar-refractivity contribution >= 4 is 16.1 Å². The van der Waals surface area contributed by atoms with Crippen LogP contribution in [0.4, 0.5) is 0 Å². The fourth-order valence-corrected chi connectivity index (χ4v) is 14.7. The van der Waals surface area contributed by atoms with Gasteiger partial charge in [0.2, 0.25) is 0 Å². The maximum atomic E-state index is 5.64. The van der Waals surface area contributed by atoms with Crippen molar-refractivity contribution in [1.29, 1.82) is 0 Å². The SMILES string of the molecule is Cc1coc(C([Si](C)(C)C)[Si](C)(C)C)n1. The molecule has 0 aliphatic rings. The maximum absolute atomic E-state index is 5.64. The molecule has 86 valence electrons. The van der Waals surface area contributed by atoms with Crippen LogP contribution in [0.3, 0.4) is 0 Å². The van der Waals surface area contributed by atoms with Crippen molar-refractivity contribution in [3.63, 3.8) is 0 Å². The number of rotatable bonds is 3. The van der Waals surface area contributed by atoms with Crippen molar-refractivity contribution in [3.05, 3.63) is 17.8 Å². The number of aromatic nitrogens is 1. The molecular formula is C11H23NOSi2. The summed E-state index contributed by atoms with van der Waals surface area (Å²) in [6.07, 6.45) is 1.78. The summed E-state index contributed by atoms with van der Waals surface area (Å²) >= 11 is 0. The minimum atomic E-state index is -1.24. The molecule has 0 saturated heterocycles. The third-order valence-corrected chi connectivity index (χ3v) is 11.8. The summed E-state index contributed by atoms with van der Waals surface area (Å²) in [5.74, 6) is 0.992. The second kappa shape index (κ2) is 3.90. The summed E-state index contributed by atoms with van der Waals surface area (Å²) in [6, 6.07) is 0. The lowest BCUT2D eigenvalue weighted by atomic mass is 10.6. The predicted octanol–water partition coefficient (Wildman–Crippen LogP) is 3.82. The standard InChI is InChI=1S/C11H23NOSi2/c1-9-8-13-10(12-9)11(14(2,3)4)15(5,6)7/h8,11H,1-7H3. The number of hydrogen-bond acceptors (Lipinski definition) is 2. The van der Waals surface area contributed by atoms with E-state index >= 15 is 0 Å². The molecule has 0 N–H and O–H groups in total. The van der Waals surface area contributed by atoms with Gasteiger partial charge in [0.25, 0.3) is 0 Å². The van der Waals surface area contributed by atoms with Crippen molar-refractivity contribution in [2.24, 2.45) is 0 Å². The maximum Gasteiger partial charge on any atom is 0.191 e. The first-order valence-corrected chi connectivity index (χ1v) is 12.7. The molecule has 0 aliphatic heterocycles. The average molecular weight is 241 g/mol. The summed E-state index contributed by atoms with van der Waals surface area (Å²) in [5, 5.41) is 0.610. The van der Waals surface area contributed by atoms with Crippen LogP contribution in [0.1, 0.15) is 16.7 Å². The Labute approximate surface area is 95.1 Å². The van der Waals surface area contributed by atoms with Crippen LogP contribution in [0.15, 0.2) is 10.7 Å². The first kappa shape index (κ1) is 12.7. The molecule has 1 heterocycles. The molecule has 0 aliphatic carbocycles. The predicted molar refractivity (Wildman–Crippen MR) is 70.7 cm³/mol. The molecule has 0 unspecified atom stereocenters. The molecule has 0 atom stereocenters. The van der Waals surface area contributed by atoms with E-state index in [-0.39, 0.29) is 0 Å². The third-order valence-electron chi connectivity index (χ3n) is 2.62. The molecule has 0 aromatic carbocycles.